The first-order chi connectivity index (χ1) is 11.1. The highest BCUT2D eigenvalue weighted by Gasteiger charge is 2.15. The van der Waals surface area contributed by atoms with Crippen LogP contribution in [0.15, 0.2) is 34.4 Å². The molecule has 23 heavy (non-hydrogen) atoms. The second-order valence-corrected chi connectivity index (χ2v) is 6.31. The van der Waals surface area contributed by atoms with Crippen LogP contribution in [0.4, 0.5) is 5.69 Å². The molecule has 1 aliphatic heterocycles. The molecule has 3 aromatic rings. The maximum absolute atomic E-state index is 12.2. The van der Waals surface area contributed by atoms with Crippen LogP contribution in [0.1, 0.15) is 11.4 Å². The molecule has 6 nitrogen and oxygen atoms in total. The Morgan fingerprint density at radius 1 is 1.30 bits per heavy atom. The van der Waals surface area contributed by atoms with Gasteiger partial charge in [0, 0.05) is 35.9 Å². The van der Waals surface area contributed by atoms with Gasteiger partial charge in [-0.1, -0.05) is 0 Å². The van der Waals surface area contributed by atoms with E-state index in [1.807, 2.05) is 42.5 Å². The predicted molar refractivity (Wildman–Crippen MR) is 88.7 cm³/mol. The average Bonchev–Trinajstić information content (AvgIpc) is 3.13. The van der Waals surface area contributed by atoms with Gasteiger partial charge in [-0.05, 0) is 19.1 Å². The predicted octanol–water partition coefficient (Wildman–Crippen LogP) is 2.43. The van der Waals surface area contributed by atoms with Gasteiger partial charge in [0.25, 0.3) is 5.56 Å². The molecule has 0 fully saturated rings. The van der Waals surface area contributed by atoms with E-state index in [0.717, 1.165) is 33.5 Å². The molecule has 0 atom stereocenters. The molecular formula is C16H15N3O3S. The van der Waals surface area contributed by atoms with E-state index in [1.54, 1.807) is 10.5 Å². The van der Waals surface area contributed by atoms with Gasteiger partial charge < -0.3 is 14.4 Å². The van der Waals surface area contributed by atoms with Gasteiger partial charge in [0.2, 0.25) is 6.79 Å². The van der Waals surface area contributed by atoms with Crippen molar-refractivity contribution in [3.63, 3.8) is 0 Å². The highest BCUT2D eigenvalue weighted by atomic mass is 32.1. The van der Waals surface area contributed by atoms with Crippen molar-refractivity contribution in [2.24, 2.45) is 0 Å². The number of hydrogen-bond acceptors (Lipinski definition) is 6. The van der Waals surface area contributed by atoms with E-state index in [2.05, 4.69) is 4.98 Å². The van der Waals surface area contributed by atoms with Gasteiger partial charge in [-0.25, -0.2) is 4.98 Å². The minimum atomic E-state index is -0.0390. The van der Waals surface area contributed by atoms with Gasteiger partial charge in [-0.15, -0.1) is 11.3 Å². The summed E-state index contributed by atoms with van der Waals surface area (Å²) < 4.78 is 12.4. The molecule has 0 amide bonds. The molecule has 0 saturated carbocycles. The monoisotopic (exact) mass is 329 g/mol. The van der Waals surface area contributed by atoms with Crippen LogP contribution < -0.4 is 19.9 Å². The maximum Gasteiger partial charge on any atom is 0.259 e. The molecule has 118 valence electrons. The SMILES string of the molecule is Cc1csc2nc(CN(C)c3ccc4c(c3)OCO4)cc(=O)n12. The van der Waals surface area contributed by atoms with Crippen molar-refractivity contribution in [1.82, 2.24) is 9.38 Å². The van der Waals surface area contributed by atoms with Crippen LogP contribution in [0, 0.1) is 6.92 Å². The number of nitrogens with zero attached hydrogens (tertiary/aromatic N) is 3. The summed E-state index contributed by atoms with van der Waals surface area (Å²) in [7, 11) is 1.96. The Hall–Kier alpha value is -2.54. The molecule has 7 heteroatoms. The second kappa shape index (κ2) is 5.27. The van der Waals surface area contributed by atoms with Crippen molar-refractivity contribution in [1.29, 1.82) is 0 Å². The molecule has 0 saturated heterocycles. The van der Waals surface area contributed by atoms with Crippen molar-refractivity contribution in [3.8, 4) is 11.5 Å². The van der Waals surface area contributed by atoms with Crippen molar-refractivity contribution in [3.05, 3.63) is 51.4 Å². The Morgan fingerprint density at radius 3 is 3.00 bits per heavy atom. The minimum Gasteiger partial charge on any atom is -0.454 e. The number of benzene rings is 1. The highest BCUT2D eigenvalue weighted by molar-refractivity contribution is 7.15. The highest BCUT2D eigenvalue weighted by Crippen LogP contribution is 2.35. The van der Waals surface area contributed by atoms with Crippen molar-refractivity contribution in [2.45, 2.75) is 13.5 Å². The fourth-order valence-electron chi connectivity index (χ4n) is 2.64. The molecule has 0 spiro atoms. The van der Waals surface area contributed by atoms with Crippen molar-refractivity contribution >= 4 is 22.0 Å². The Balaban J connectivity index is 1.63. The normalized spacial score (nSPS) is 12.8. The van der Waals surface area contributed by atoms with Crippen LogP contribution in [0.2, 0.25) is 0 Å². The number of rotatable bonds is 3. The first-order valence-electron chi connectivity index (χ1n) is 7.19. The van der Waals surface area contributed by atoms with E-state index in [1.165, 1.54) is 11.3 Å². The molecule has 0 aliphatic carbocycles. The Bertz CT molecular complexity index is 947. The van der Waals surface area contributed by atoms with Gasteiger partial charge in [0.15, 0.2) is 16.5 Å². The van der Waals surface area contributed by atoms with Crippen molar-refractivity contribution in [2.75, 3.05) is 18.7 Å². The van der Waals surface area contributed by atoms with Crippen LogP contribution in [0.3, 0.4) is 0 Å². The van der Waals surface area contributed by atoms with Crippen molar-refractivity contribution < 1.29 is 9.47 Å². The number of anilines is 1. The molecule has 0 bridgehead atoms. The summed E-state index contributed by atoms with van der Waals surface area (Å²) in [4.78, 5) is 19.6. The number of ether oxygens (including phenoxy) is 2. The first-order valence-corrected chi connectivity index (χ1v) is 8.07. The summed E-state index contributed by atoms with van der Waals surface area (Å²) in [6.45, 7) is 2.71. The maximum atomic E-state index is 12.2. The van der Waals surface area contributed by atoms with E-state index in [4.69, 9.17) is 9.47 Å². The fourth-order valence-corrected chi connectivity index (χ4v) is 3.53. The van der Waals surface area contributed by atoms with E-state index >= 15 is 0 Å². The third-order valence-corrected chi connectivity index (χ3v) is 4.77. The molecule has 3 heterocycles. The molecule has 0 radical (unpaired) electrons. The largest absolute Gasteiger partial charge is 0.454 e. The molecule has 1 aliphatic rings. The molecular weight excluding hydrogens is 314 g/mol. The second-order valence-electron chi connectivity index (χ2n) is 5.47. The summed E-state index contributed by atoms with van der Waals surface area (Å²) >= 11 is 1.48. The zero-order valence-corrected chi connectivity index (χ0v) is 13.6. The lowest BCUT2D eigenvalue weighted by Crippen LogP contribution is -2.21. The van der Waals surface area contributed by atoms with Gasteiger partial charge in [-0.3, -0.25) is 9.20 Å². The number of hydrogen-bond donors (Lipinski definition) is 0. The summed E-state index contributed by atoms with van der Waals surface area (Å²) in [5.41, 5.74) is 2.61. The zero-order chi connectivity index (χ0) is 16.0. The standard InChI is InChI=1S/C16H15N3O3S/c1-10-8-23-16-17-11(5-15(20)19(10)16)7-18(2)12-3-4-13-14(6-12)22-9-21-13/h3-6,8H,7,9H2,1-2H3. The molecule has 0 N–H and O–H groups in total. The summed E-state index contributed by atoms with van der Waals surface area (Å²) in [6, 6.07) is 7.38. The minimum absolute atomic E-state index is 0.0390. The van der Waals surface area contributed by atoms with E-state index in [-0.39, 0.29) is 12.4 Å². The van der Waals surface area contributed by atoms with Gasteiger partial charge in [0.05, 0.1) is 12.2 Å². The fraction of sp³-hybridized carbons (Fsp3) is 0.250. The Labute approximate surface area is 136 Å². The van der Waals surface area contributed by atoms with Crippen LogP contribution in [0.5, 0.6) is 11.5 Å². The number of thiazole rings is 1. The van der Waals surface area contributed by atoms with Crippen LogP contribution in [-0.4, -0.2) is 23.2 Å². The summed E-state index contributed by atoms with van der Waals surface area (Å²) in [6.07, 6.45) is 0. The van der Waals surface area contributed by atoms with Crippen LogP contribution >= 0.6 is 11.3 Å². The zero-order valence-electron chi connectivity index (χ0n) is 12.8. The van der Waals surface area contributed by atoms with Gasteiger partial charge in [-0.2, -0.15) is 0 Å². The lowest BCUT2D eigenvalue weighted by atomic mass is 10.2. The first kappa shape index (κ1) is 14.1. The Kier molecular flexibility index (Phi) is 3.23. The third-order valence-electron chi connectivity index (χ3n) is 3.82. The van der Waals surface area contributed by atoms with E-state index in [9.17, 15) is 4.79 Å². The molecule has 2 aromatic heterocycles. The van der Waals surface area contributed by atoms with Crippen LogP contribution in [-0.2, 0) is 6.54 Å². The van der Waals surface area contributed by atoms with E-state index < -0.39 is 0 Å². The van der Waals surface area contributed by atoms with E-state index in [0.29, 0.717) is 6.54 Å². The lowest BCUT2D eigenvalue weighted by Gasteiger charge is -2.19. The number of aryl methyl sites for hydroxylation is 1. The smallest absolute Gasteiger partial charge is 0.259 e. The lowest BCUT2D eigenvalue weighted by molar-refractivity contribution is 0.174. The number of aromatic nitrogens is 2. The summed E-state index contributed by atoms with van der Waals surface area (Å²) in [5.74, 6) is 1.50. The topological polar surface area (TPSA) is 56.1 Å². The van der Waals surface area contributed by atoms with Gasteiger partial charge in [0.1, 0.15) is 0 Å². The molecule has 1 aromatic carbocycles. The third kappa shape index (κ3) is 2.43. The molecule has 0 unspecified atom stereocenters. The molecule has 4 rings (SSSR count). The van der Waals surface area contributed by atoms with Gasteiger partial charge >= 0.3 is 0 Å². The average molecular weight is 329 g/mol. The quantitative estimate of drug-likeness (QED) is 0.739. The van der Waals surface area contributed by atoms with Crippen LogP contribution in [0.25, 0.3) is 4.96 Å². The summed E-state index contributed by atoms with van der Waals surface area (Å²) in [5, 5.41) is 1.94. The number of fused-ring (bicyclic) bond motifs is 2. The Morgan fingerprint density at radius 2 is 2.13 bits per heavy atom.